The van der Waals surface area contributed by atoms with E-state index in [9.17, 15) is 0 Å². The molecule has 1 aliphatic heterocycles. The number of aliphatic imine (C=N–C) groups is 1. The predicted molar refractivity (Wildman–Crippen MR) is 129 cm³/mol. The molecule has 0 aliphatic carbocycles. The van der Waals surface area contributed by atoms with Crippen LogP contribution in [0, 0.1) is 0 Å². The highest BCUT2D eigenvalue weighted by Crippen LogP contribution is 2.24. The van der Waals surface area contributed by atoms with Gasteiger partial charge in [0.15, 0.2) is 5.96 Å². The third-order valence-corrected chi connectivity index (χ3v) is 5.62. The van der Waals surface area contributed by atoms with Crippen molar-refractivity contribution < 1.29 is 14.2 Å². The lowest BCUT2D eigenvalue weighted by molar-refractivity contribution is 0.0179. The van der Waals surface area contributed by atoms with E-state index in [1.165, 1.54) is 11.1 Å². The molecule has 0 radical (unpaired) electrons. The second-order valence-corrected chi connectivity index (χ2v) is 7.68. The van der Waals surface area contributed by atoms with Crippen molar-refractivity contribution in [3.05, 3.63) is 59.7 Å². The maximum absolute atomic E-state index is 5.57. The number of hydrogen-bond acceptors (Lipinski definition) is 5. The first kappa shape index (κ1) is 23.9. The molecule has 1 heterocycles. The summed E-state index contributed by atoms with van der Waals surface area (Å²) in [6, 6.07) is 16.7. The molecule has 1 aliphatic rings. The fraction of sp³-hybridized carbons (Fsp3) is 0.480. The first-order valence-corrected chi connectivity index (χ1v) is 11.3. The summed E-state index contributed by atoms with van der Waals surface area (Å²) in [5, 5.41) is 6.84. The van der Waals surface area contributed by atoms with E-state index in [1.807, 2.05) is 24.3 Å². The van der Waals surface area contributed by atoms with Gasteiger partial charge in [-0.1, -0.05) is 24.3 Å². The van der Waals surface area contributed by atoms with Gasteiger partial charge in [0.05, 0.1) is 40.0 Å². The molecule has 32 heavy (non-hydrogen) atoms. The lowest BCUT2D eigenvalue weighted by atomic mass is 10.0. The topological polar surface area (TPSA) is 67.4 Å². The van der Waals surface area contributed by atoms with E-state index < -0.39 is 0 Å². The van der Waals surface area contributed by atoms with Crippen LogP contribution in [0.15, 0.2) is 53.5 Å². The molecule has 0 spiro atoms. The minimum Gasteiger partial charge on any atom is -0.497 e. The average Bonchev–Trinajstić information content (AvgIpc) is 2.85. The first-order chi connectivity index (χ1) is 15.7. The lowest BCUT2D eigenvalue weighted by Crippen LogP contribution is -2.42. The Labute approximate surface area is 191 Å². The second-order valence-electron chi connectivity index (χ2n) is 7.68. The summed E-state index contributed by atoms with van der Waals surface area (Å²) in [6.45, 7) is 7.73. The zero-order valence-electron chi connectivity index (χ0n) is 19.5. The molecule has 2 aromatic rings. The van der Waals surface area contributed by atoms with Gasteiger partial charge in [-0.25, -0.2) is 0 Å². The van der Waals surface area contributed by atoms with Gasteiger partial charge >= 0.3 is 0 Å². The molecule has 0 aromatic heterocycles. The summed E-state index contributed by atoms with van der Waals surface area (Å²) in [7, 11) is 3.38. The molecule has 0 amide bonds. The largest absolute Gasteiger partial charge is 0.497 e. The minimum atomic E-state index is 0.196. The minimum absolute atomic E-state index is 0.196. The molecule has 2 aromatic carbocycles. The van der Waals surface area contributed by atoms with Gasteiger partial charge in [0.25, 0.3) is 0 Å². The number of benzene rings is 2. The maximum Gasteiger partial charge on any atom is 0.191 e. The van der Waals surface area contributed by atoms with Crippen molar-refractivity contribution in [1.29, 1.82) is 0 Å². The van der Waals surface area contributed by atoms with Gasteiger partial charge in [0, 0.05) is 26.2 Å². The van der Waals surface area contributed by atoms with Crippen LogP contribution in [0.25, 0.3) is 0 Å². The monoisotopic (exact) mass is 440 g/mol. The van der Waals surface area contributed by atoms with E-state index in [4.69, 9.17) is 19.2 Å². The van der Waals surface area contributed by atoms with Crippen molar-refractivity contribution in [3.8, 4) is 11.5 Å². The molecule has 3 rings (SSSR count). The number of rotatable bonds is 10. The molecule has 1 atom stereocenters. The van der Waals surface area contributed by atoms with Crippen molar-refractivity contribution in [2.45, 2.75) is 19.4 Å². The lowest BCUT2D eigenvalue weighted by Gasteiger charge is -2.34. The highest BCUT2D eigenvalue weighted by Gasteiger charge is 2.22. The van der Waals surface area contributed by atoms with Gasteiger partial charge in [-0.2, -0.15) is 0 Å². The van der Waals surface area contributed by atoms with Gasteiger partial charge in [0.1, 0.15) is 11.5 Å². The van der Waals surface area contributed by atoms with E-state index in [0.29, 0.717) is 6.54 Å². The molecule has 0 saturated carbocycles. The zero-order chi connectivity index (χ0) is 22.6. The molecule has 2 N–H and O–H groups in total. The Hall–Kier alpha value is -2.77. The Kier molecular flexibility index (Phi) is 9.65. The van der Waals surface area contributed by atoms with E-state index in [0.717, 1.165) is 63.3 Å². The second kappa shape index (κ2) is 12.9. The summed E-state index contributed by atoms with van der Waals surface area (Å²) in [4.78, 5) is 7.38. The van der Waals surface area contributed by atoms with Crippen LogP contribution in [0.4, 0.5) is 0 Å². The van der Waals surface area contributed by atoms with Crippen LogP contribution < -0.4 is 20.1 Å². The number of guanidine groups is 1. The fourth-order valence-corrected chi connectivity index (χ4v) is 3.78. The third-order valence-electron chi connectivity index (χ3n) is 5.62. The van der Waals surface area contributed by atoms with E-state index in [2.05, 4.69) is 46.7 Å². The van der Waals surface area contributed by atoms with Gasteiger partial charge in [-0.3, -0.25) is 9.89 Å². The summed E-state index contributed by atoms with van der Waals surface area (Å²) in [5.41, 5.74) is 2.50. The quantitative estimate of drug-likeness (QED) is 0.438. The third kappa shape index (κ3) is 7.14. The van der Waals surface area contributed by atoms with Crippen molar-refractivity contribution in [2.75, 3.05) is 60.2 Å². The van der Waals surface area contributed by atoms with Crippen LogP contribution >= 0.6 is 0 Å². The van der Waals surface area contributed by atoms with Gasteiger partial charge in [-0.15, -0.1) is 0 Å². The van der Waals surface area contributed by atoms with Crippen LogP contribution in [-0.2, 0) is 11.2 Å². The predicted octanol–water partition coefficient (Wildman–Crippen LogP) is 2.87. The van der Waals surface area contributed by atoms with Crippen molar-refractivity contribution >= 4 is 5.96 Å². The number of ether oxygens (including phenoxy) is 3. The molecule has 0 bridgehead atoms. The summed E-state index contributed by atoms with van der Waals surface area (Å²) in [5.74, 6) is 2.59. The molecule has 1 saturated heterocycles. The fourth-order valence-electron chi connectivity index (χ4n) is 3.78. The highest BCUT2D eigenvalue weighted by molar-refractivity contribution is 5.79. The molecular weight excluding hydrogens is 404 g/mol. The van der Waals surface area contributed by atoms with Gasteiger partial charge in [-0.05, 0) is 48.7 Å². The smallest absolute Gasteiger partial charge is 0.191 e. The number of methoxy groups -OCH3 is 2. The highest BCUT2D eigenvalue weighted by atomic mass is 16.5. The van der Waals surface area contributed by atoms with Gasteiger partial charge in [0.2, 0.25) is 0 Å². The Morgan fingerprint density at radius 2 is 1.59 bits per heavy atom. The van der Waals surface area contributed by atoms with Crippen LogP contribution in [0.3, 0.4) is 0 Å². The number of hydrogen-bond donors (Lipinski definition) is 2. The average molecular weight is 441 g/mol. The molecule has 1 fully saturated rings. The zero-order valence-corrected chi connectivity index (χ0v) is 19.5. The van der Waals surface area contributed by atoms with E-state index >= 15 is 0 Å². The number of morpholine rings is 1. The Balaban J connectivity index is 1.64. The van der Waals surface area contributed by atoms with Crippen molar-refractivity contribution in [2.24, 2.45) is 4.99 Å². The summed E-state index contributed by atoms with van der Waals surface area (Å²) in [6.07, 6.45) is 0.916. The maximum atomic E-state index is 5.57. The normalized spacial score (nSPS) is 15.8. The van der Waals surface area contributed by atoms with E-state index in [1.54, 1.807) is 14.2 Å². The van der Waals surface area contributed by atoms with Crippen LogP contribution in [0.2, 0.25) is 0 Å². The molecule has 174 valence electrons. The van der Waals surface area contributed by atoms with Crippen molar-refractivity contribution in [1.82, 2.24) is 15.5 Å². The Morgan fingerprint density at radius 1 is 0.969 bits per heavy atom. The SMILES string of the molecule is CCNC(=NCC(c1ccc(OC)cc1)N1CCOCC1)NCCc1ccc(OC)cc1. The summed E-state index contributed by atoms with van der Waals surface area (Å²) < 4.78 is 16.1. The standard InChI is InChI=1S/C25H36N4O3/c1-4-26-25(27-14-13-20-5-9-22(30-2)10-6-20)28-19-24(29-15-17-32-18-16-29)21-7-11-23(31-3)12-8-21/h5-12,24H,4,13-19H2,1-3H3,(H2,26,27,28). The molecule has 7 nitrogen and oxygen atoms in total. The number of nitrogens with zero attached hydrogens (tertiary/aromatic N) is 2. The number of nitrogens with one attached hydrogen (secondary N) is 2. The van der Waals surface area contributed by atoms with Crippen LogP contribution in [0.5, 0.6) is 11.5 Å². The van der Waals surface area contributed by atoms with Crippen LogP contribution in [0.1, 0.15) is 24.1 Å². The first-order valence-electron chi connectivity index (χ1n) is 11.3. The Morgan fingerprint density at radius 3 is 2.19 bits per heavy atom. The van der Waals surface area contributed by atoms with E-state index in [-0.39, 0.29) is 6.04 Å². The van der Waals surface area contributed by atoms with Crippen molar-refractivity contribution in [3.63, 3.8) is 0 Å². The summed E-state index contributed by atoms with van der Waals surface area (Å²) >= 11 is 0. The molecule has 1 unspecified atom stereocenters. The van der Waals surface area contributed by atoms with Gasteiger partial charge < -0.3 is 24.8 Å². The van der Waals surface area contributed by atoms with Crippen LogP contribution in [-0.4, -0.2) is 71.0 Å². The molecular formula is C25H36N4O3. The molecule has 7 heteroatoms. The Bertz CT molecular complexity index is 818.